The van der Waals surface area contributed by atoms with Crippen molar-refractivity contribution in [1.82, 2.24) is 0 Å². The Morgan fingerprint density at radius 1 is 1.25 bits per heavy atom. The Labute approximate surface area is 121 Å². The third-order valence-corrected chi connectivity index (χ3v) is 5.10. The normalized spacial score (nSPS) is 25.6. The summed E-state index contributed by atoms with van der Waals surface area (Å²) in [4.78, 5) is 0.196. The highest BCUT2D eigenvalue weighted by atomic mass is 32.2. The number of epoxide rings is 1. The quantitative estimate of drug-likeness (QED) is 0.573. The van der Waals surface area contributed by atoms with E-state index in [1.807, 2.05) is 13.8 Å². The van der Waals surface area contributed by atoms with E-state index in [0.717, 1.165) is 24.8 Å². The molecule has 0 aliphatic carbocycles. The van der Waals surface area contributed by atoms with E-state index in [1.54, 1.807) is 24.3 Å². The second-order valence-corrected chi connectivity index (χ2v) is 6.96. The zero-order valence-electron chi connectivity index (χ0n) is 12.3. The van der Waals surface area contributed by atoms with Crippen LogP contribution in [0.1, 0.15) is 38.7 Å². The van der Waals surface area contributed by atoms with Gasteiger partial charge in [-0.1, -0.05) is 38.0 Å². The molecule has 0 radical (unpaired) electrons. The SMILES string of the molecule is CCCC1OC1(CC)COS(=O)(=O)c1ccc(C)cc1. The predicted octanol–water partition coefficient (Wildman–Crippen LogP) is 3.05. The van der Waals surface area contributed by atoms with E-state index < -0.39 is 15.7 Å². The van der Waals surface area contributed by atoms with E-state index in [4.69, 9.17) is 8.92 Å². The monoisotopic (exact) mass is 298 g/mol. The Morgan fingerprint density at radius 2 is 1.90 bits per heavy atom. The molecular formula is C15H22O4S. The Balaban J connectivity index is 2.01. The third kappa shape index (κ3) is 3.22. The average Bonchev–Trinajstić information content (AvgIpc) is 3.12. The van der Waals surface area contributed by atoms with Crippen molar-refractivity contribution in [2.24, 2.45) is 0 Å². The van der Waals surface area contributed by atoms with Gasteiger partial charge in [0, 0.05) is 0 Å². The van der Waals surface area contributed by atoms with Crippen LogP contribution in [-0.2, 0) is 19.0 Å². The first-order valence-corrected chi connectivity index (χ1v) is 8.48. The number of hydrogen-bond donors (Lipinski definition) is 0. The molecule has 0 amide bonds. The Bertz CT molecular complexity index is 550. The van der Waals surface area contributed by atoms with Gasteiger partial charge in [-0.2, -0.15) is 8.42 Å². The van der Waals surface area contributed by atoms with Gasteiger partial charge in [0.05, 0.1) is 17.6 Å². The van der Waals surface area contributed by atoms with Crippen molar-refractivity contribution in [3.63, 3.8) is 0 Å². The minimum atomic E-state index is -3.70. The van der Waals surface area contributed by atoms with Crippen molar-refractivity contribution in [1.29, 1.82) is 0 Å². The molecule has 1 heterocycles. The van der Waals surface area contributed by atoms with Crippen molar-refractivity contribution >= 4 is 10.1 Å². The largest absolute Gasteiger partial charge is 0.363 e. The van der Waals surface area contributed by atoms with Crippen molar-refractivity contribution in [3.8, 4) is 0 Å². The second kappa shape index (κ2) is 5.84. The van der Waals surface area contributed by atoms with Crippen LogP contribution in [0.25, 0.3) is 0 Å². The Hall–Kier alpha value is -0.910. The molecule has 0 aromatic heterocycles. The zero-order valence-corrected chi connectivity index (χ0v) is 13.1. The smallest absolute Gasteiger partial charge is 0.297 e. The number of ether oxygens (including phenoxy) is 1. The lowest BCUT2D eigenvalue weighted by Crippen LogP contribution is -2.24. The highest BCUT2D eigenvalue weighted by Crippen LogP contribution is 2.43. The fourth-order valence-electron chi connectivity index (χ4n) is 2.32. The molecule has 1 aromatic rings. The highest BCUT2D eigenvalue weighted by molar-refractivity contribution is 7.86. The molecule has 4 nitrogen and oxygen atoms in total. The molecule has 0 N–H and O–H groups in total. The summed E-state index contributed by atoms with van der Waals surface area (Å²) in [5.74, 6) is 0. The van der Waals surface area contributed by atoms with Gasteiger partial charge in [0.2, 0.25) is 0 Å². The molecule has 1 fully saturated rings. The minimum Gasteiger partial charge on any atom is -0.363 e. The van der Waals surface area contributed by atoms with Crippen LogP contribution < -0.4 is 0 Å². The van der Waals surface area contributed by atoms with E-state index in [-0.39, 0.29) is 17.6 Å². The number of benzene rings is 1. The maximum Gasteiger partial charge on any atom is 0.297 e. The molecule has 0 saturated carbocycles. The van der Waals surface area contributed by atoms with Gasteiger partial charge in [0.15, 0.2) is 0 Å². The maximum atomic E-state index is 12.1. The van der Waals surface area contributed by atoms with Gasteiger partial charge in [-0.15, -0.1) is 0 Å². The lowest BCUT2D eigenvalue weighted by Gasteiger charge is -2.11. The molecule has 2 atom stereocenters. The predicted molar refractivity (Wildman–Crippen MR) is 77.1 cm³/mol. The van der Waals surface area contributed by atoms with Gasteiger partial charge in [0.1, 0.15) is 5.60 Å². The summed E-state index contributed by atoms with van der Waals surface area (Å²) in [6, 6.07) is 6.67. The topological polar surface area (TPSA) is 55.9 Å². The van der Waals surface area contributed by atoms with Crippen molar-refractivity contribution < 1.29 is 17.3 Å². The van der Waals surface area contributed by atoms with Gasteiger partial charge in [0.25, 0.3) is 10.1 Å². The molecule has 0 bridgehead atoms. The molecule has 1 aromatic carbocycles. The van der Waals surface area contributed by atoms with Gasteiger partial charge in [-0.25, -0.2) is 0 Å². The van der Waals surface area contributed by atoms with Crippen molar-refractivity contribution in [2.75, 3.05) is 6.61 Å². The summed E-state index contributed by atoms with van der Waals surface area (Å²) in [5, 5.41) is 0. The summed E-state index contributed by atoms with van der Waals surface area (Å²) in [7, 11) is -3.70. The Kier molecular flexibility index (Phi) is 4.52. The molecule has 2 rings (SSSR count). The zero-order chi connectivity index (χ0) is 14.8. The fourth-order valence-corrected chi connectivity index (χ4v) is 3.28. The molecule has 1 aliphatic heterocycles. The molecule has 2 unspecified atom stereocenters. The average molecular weight is 298 g/mol. The first-order valence-electron chi connectivity index (χ1n) is 7.07. The van der Waals surface area contributed by atoms with Crippen molar-refractivity contribution in [3.05, 3.63) is 29.8 Å². The van der Waals surface area contributed by atoms with E-state index in [0.29, 0.717) is 0 Å². The molecular weight excluding hydrogens is 276 g/mol. The lowest BCUT2D eigenvalue weighted by molar-refractivity contribution is 0.188. The fraction of sp³-hybridized carbons (Fsp3) is 0.600. The summed E-state index contributed by atoms with van der Waals surface area (Å²) in [6.07, 6.45) is 2.87. The summed E-state index contributed by atoms with van der Waals surface area (Å²) < 4.78 is 35.1. The first kappa shape index (κ1) is 15.5. The highest BCUT2D eigenvalue weighted by Gasteiger charge is 2.55. The van der Waals surface area contributed by atoms with Gasteiger partial charge >= 0.3 is 0 Å². The van der Waals surface area contributed by atoms with Gasteiger partial charge < -0.3 is 4.74 Å². The van der Waals surface area contributed by atoms with Gasteiger partial charge in [-0.05, 0) is 31.9 Å². The molecule has 1 aliphatic rings. The van der Waals surface area contributed by atoms with Crippen LogP contribution in [0.2, 0.25) is 0 Å². The number of hydrogen-bond acceptors (Lipinski definition) is 4. The van der Waals surface area contributed by atoms with E-state index in [2.05, 4.69) is 6.92 Å². The molecule has 112 valence electrons. The molecule has 5 heteroatoms. The van der Waals surface area contributed by atoms with Crippen LogP contribution in [0.5, 0.6) is 0 Å². The molecule has 0 spiro atoms. The van der Waals surface area contributed by atoms with Crippen LogP contribution >= 0.6 is 0 Å². The van der Waals surface area contributed by atoms with Crippen LogP contribution in [0.4, 0.5) is 0 Å². The van der Waals surface area contributed by atoms with E-state index in [1.165, 1.54) is 0 Å². The maximum absolute atomic E-state index is 12.1. The Morgan fingerprint density at radius 3 is 2.45 bits per heavy atom. The van der Waals surface area contributed by atoms with Crippen LogP contribution in [0.15, 0.2) is 29.2 Å². The standard InChI is InChI=1S/C15H22O4S/c1-4-6-14-15(5-2,19-14)11-18-20(16,17)13-9-7-12(3)8-10-13/h7-10,14H,4-6,11H2,1-3H3. The van der Waals surface area contributed by atoms with E-state index in [9.17, 15) is 8.42 Å². The van der Waals surface area contributed by atoms with Crippen molar-refractivity contribution in [2.45, 2.75) is 56.6 Å². The molecule has 1 saturated heterocycles. The van der Waals surface area contributed by atoms with Gasteiger partial charge in [-0.3, -0.25) is 4.18 Å². The van der Waals surface area contributed by atoms with Crippen LogP contribution in [0, 0.1) is 6.92 Å². The van der Waals surface area contributed by atoms with E-state index >= 15 is 0 Å². The minimum absolute atomic E-state index is 0.102. The molecule has 20 heavy (non-hydrogen) atoms. The summed E-state index contributed by atoms with van der Waals surface area (Å²) in [6.45, 7) is 6.10. The summed E-state index contributed by atoms with van der Waals surface area (Å²) in [5.41, 5.74) is 0.607. The van der Waals surface area contributed by atoms with Crippen LogP contribution in [-0.4, -0.2) is 26.7 Å². The second-order valence-electron chi connectivity index (χ2n) is 5.34. The summed E-state index contributed by atoms with van der Waals surface area (Å²) >= 11 is 0. The number of aryl methyl sites for hydroxylation is 1. The number of rotatable bonds is 7. The third-order valence-electron chi connectivity index (χ3n) is 3.82. The first-order chi connectivity index (χ1) is 9.43. The lowest BCUT2D eigenvalue weighted by atomic mass is 10.0. The van der Waals surface area contributed by atoms with Crippen LogP contribution in [0.3, 0.4) is 0 Å².